The van der Waals surface area contributed by atoms with Gasteiger partial charge in [0.2, 0.25) is 5.95 Å². The molecule has 29 heavy (non-hydrogen) atoms. The van der Waals surface area contributed by atoms with Crippen LogP contribution in [0.15, 0.2) is 42.7 Å². The van der Waals surface area contributed by atoms with E-state index in [-0.39, 0.29) is 5.91 Å². The highest BCUT2D eigenvalue weighted by Gasteiger charge is 2.29. The topological polar surface area (TPSA) is 59.8 Å². The van der Waals surface area contributed by atoms with Crippen LogP contribution < -0.4 is 5.32 Å². The van der Waals surface area contributed by atoms with Crippen LogP contribution in [0.3, 0.4) is 0 Å². The molecule has 1 aliphatic heterocycles. The van der Waals surface area contributed by atoms with Crippen LogP contribution in [0, 0.1) is 11.4 Å². The Kier molecular flexibility index (Phi) is 4.23. The van der Waals surface area contributed by atoms with E-state index in [1.54, 1.807) is 12.1 Å². The number of pyridine rings is 1. The monoisotopic (exact) mass is 390 g/mol. The van der Waals surface area contributed by atoms with Gasteiger partial charge in [0.25, 0.3) is 5.91 Å². The van der Waals surface area contributed by atoms with Crippen LogP contribution in [0.25, 0.3) is 22.4 Å². The lowest BCUT2D eigenvalue weighted by Crippen LogP contribution is -2.19. The van der Waals surface area contributed by atoms with Crippen molar-refractivity contribution in [1.29, 1.82) is 0 Å². The Morgan fingerprint density at radius 2 is 1.97 bits per heavy atom. The number of hydrogen-bond donors (Lipinski definition) is 1. The van der Waals surface area contributed by atoms with Crippen LogP contribution in [0.4, 0.5) is 4.39 Å². The molecule has 0 spiro atoms. The van der Waals surface area contributed by atoms with Crippen molar-refractivity contribution in [2.45, 2.75) is 45.7 Å². The molecule has 3 aromatic rings. The predicted molar refractivity (Wildman–Crippen MR) is 109 cm³/mol. The Morgan fingerprint density at radius 1 is 1.14 bits per heavy atom. The minimum atomic E-state index is -0.542. The second-order valence-electron chi connectivity index (χ2n) is 8.53. The summed E-state index contributed by atoms with van der Waals surface area (Å²) in [7, 11) is 0. The first kappa shape index (κ1) is 18.0. The van der Waals surface area contributed by atoms with E-state index < -0.39 is 5.95 Å². The van der Waals surface area contributed by atoms with Crippen LogP contribution >= 0.6 is 0 Å². The van der Waals surface area contributed by atoms with Gasteiger partial charge in [-0.3, -0.25) is 9.48 Å². The lowest BCUT2D eigenvalue weighted by atomic mass is 9.89. The van der Waals surface area contributed by atoms with E-state index in [9.17, 15) is 9.18 Å². The molecule has 0 unspecified atom stereocenters. The lowest BCUT2D eigenvalue weighted by Gasteiger charge is -2.22. The van der Waals surface area contributed by atoms with Gasteiger partial charge in [-0.15, -0.1) is 0 Å². The molecule has 5 nitrogen and oxygen atoms in total. The Bertz CT molecular complexity index is 1100. The molecule has 148 valence electrons. The summed E-state index contributed by atoms with van der Waals surface area (Å²) in [5.41, 5.74) is 4.84. The quantitative estimate of drug-likeness (QED) is 0.664. The number of carbonyl (C=O) groups is 1. The largest absolute Gasteiger partial charge is 0.348 e. The van der Waals surface area contributed by atoms with Crippen LogP contribution in [-0.4, -0.2) is 20.7 Å². The first-order valence-electron chi connectivity index (χ1n) is 10.1. The van der Waals surface area contributed by atoms with Crippen LogP contribution in [0.1, 0.15) is 48.5 Å². The Hall–Kier alpha value is -3.02. The smallest absolute Gasteiger partial charge is 0.251 e. The highest BCUT2D eigenvalue weighted by atomic mass is 19.1. The van der Waals surface area contributed by atoms with Crippen molar-refractivity contribution in [3.8, 4) is 22.4 Å². The van der Waals surface area contributed by atoms with Gasteiger partial charge in [0, 0.05) is 41.5 Å². The van der Waals surface area contributed by atoms with Gasteiger partial charge in [0.1, 0.15) is 0 Å². The molecule has 6 heteroatoms. The molecule has 0 radical (unpaired) electrons. The van der Waals surface area contributed by atoms with Gasteiger partial charge in [0.05, 0.1) is 11.9 Å². The lowest BCUT2D eigenvalue weighted by molar-refractivity contribution is 0.0966. The summed E-state index contributed by atoms with van der Waals surface area (Å²) in [5.74, 6) is -0.642. The summed E-state index contributed by atoms with van der Waals surface area (Å²) in [6, 6.07) is 8.71. The predicted octanol–water partition coefficient (Wildman–Crippen LogP) is 4.57. The molecule has 1 aliphatic carbocycles. The molecule has 0 saturated heterocycles. The number of rotatable bonds is 4. The summed E-state index contributed by atoms with van der Waals surface area (Å²) in [6.45, 7) is 3.74. The number of hydrogen-bond acceptors (Lipinski definition) is 3. The average molecular weight is 390 g/mol. The fourth-order valence-corrected chi connectivity index (χ4v) is 4.62. The molecule has 1 N–H and O–H groups in total. The van der Waals surface area contributed by atoms with E-state index in [0.717, 1.165) is 28.8 Å². The average Bonchev–Trinajstić information content (AvgIpc) is 3.43. The highest BCUT2D eigenvalue weighted by molar-refractivity contribution is 5.99. The van der Waals surface area contributed by atoms with E-state index >= 15 is 0 Å². The standard InChI is InChI=1S/C23H23FN4O/c1-23(8-2-3-9-23)14-28-13-17(12-26-28)18-6-7-20(24)27-21(18)15-4-5-16-11-25-22(29)19(16)10-15/h4-7,10,12-13H,2-3,8-9,11,14H2,1H3,(H,25,29). The molecule has 5 rings (SSSR count). The number of fused-ring (bicyclic) bond motifs is 1. The van der Waals surface area contributed by atoms with Gasteiger partial charge in [-0.1, -0.05) is 31.9 Å². The molecule has 2 aromatic heterocycles. The fourth-order valence-electron chi connectivity index (χ4n) is 4.62. The van der Waals surface area contributed by atoms with Gasteiger partial charge in [-0.25, -0.2) is 4.98 Å². The van der Waals surface area contributed by atoms with Gasteiger partial charge in [-0.05, 0) is 42.0 Å². The van der Waals surface area contributed by atoms with E-state index in [1.807, 2.05) is 29.2 Å². The zero-order valence-electron chi connectivity index (χ0n) is 16.4. The third-order valence-electron chi connectivity index (χ3n) is 6.23. The van der Waals surface area contributed by atoms with Crippen molar-refractivity contribution in [2.75, 3.05) is 0 Å². The third kappa shape index (κ3) is 3.33. The van der Waals surface area contributed by atoms with Crippen molar-refractivity contribution in [3.05, 3.63) is 59.8 Å². The molecule has 1 aromatic carbocycles. The summed E-state index contributed by atoms with van der Waals surface area (Å²) in [4.78, 5) is 16.2. The zero-order chi connectivity index (χ0) is 20.0. The summed E-state index contributed by atoms with van der Waals surface area (Å²) >= 11 is 0. The minimum absolute atomic E-state index is 0.0996. The van der Waals surface area contributed by atoms with Crippen LogP contribution in [0.5, 0.6) is 0 Å². The molecular formula is C23H23FN4O. The van der Waals surface area contributed by atoms with Gasteiger partial charge >= 0.3 is 0 Å². The van der Waals surface area contributed by atoms with Crippen molar-refractivity contribution < 1.29 is 9.18 Å². The molecule has 2 aliphatic rings. The van der Waals surface area contributed by atoms with E-state index in [0.29, 0.717) is 23.2 Å². The Morgan fingerprint density at radius 3 is 2.79 bits per heavy atom. The maximum atomic E-state index is 14.0. The maximum Gasteiger partial charge on any atom is 0.251 e. The molecule has 1 fully saturated rings. The maximum absolute atomic E-state index is 14.0. The summed E-state index contributed by atoms with van der Waals surface area (Å²) in [5, 5.41) is 7.38. The second kappa shape index (κ2) is 6.79. The van der Waals surface area contributed by atoms with Crippen molar-refractivity contribution >= 4 is 5.91 Å². The molecular weight excluding hydrogens is 367 g/mol. The number of nitrogens with zero attached hydrogens (tertiary/aromatic N) is 3. The van der Waals surface area contributed by atoms with E-state index in [2.05, 4.69) is 22.3 Å². The van der Waals surface area contributed by atoms with Crippen molar-refractivity contribution in [3.63, 3.8) is 0 Å². The van der Waals surface area contributed by atoms with E-state index in [1.165, 1.54) is 31.7 Å². The van der Waals surface area contributed by atoms with Gasteiger partial charge < -0.3 is 5.32 Å². The number of nitrogens with one attached hydrogen (secondary N) is 1. The SMILES string of the molecule is CC1(Cn2cc(-c3ccc(F)nc3-c3ccc4c(c3)C(=O)NC4)cn2)CCCC1. The summed E-state index contributed by atoms with van der Waals surface area (Å²) < 4.78 is 16.0. The van der Waals surface area contributed by atoms with Crippen LogP contribution in [-0.2, 0) is 13.1 Å². The molecule has 0 atom stereocenters. The number of benzene rings is 1. The zero-order valence-corrected chi connectivity index (χ0v) is 16.4. The highest BCUT2D eigenvalue weighted by Crippen LogP contribution is 2.39. The van der Waals surface area contributed by atoms with Gasteiger partial charge in [0.15, 0.2) is 0 Å². The first-order chi connectivity index (χ1) is 14.0. The minimum Gasteiger partial charge on any atom is -0.348 e. The van der Waals surface area contributed by atoms with Crippen molar-refractivity contribution in [2.24, 2.45) is 5.41 Å². The number of halogens is 1. The Balaban J connectivity index is 1.52. The molecule has 1 saturated carbocycles. The number of carbonyl (C=O) groups excluding carboxylic acids is 1. The fraction of sp³-hybridized carbons (Fsp3) is 0.348. The Labute approximate surface area is 169 Å². The second-order valence-corrected chi connectivity index (χ2v) is 8.53. The van der Waals surface area contributed by atoms with Gasteiger partial charge in [-0.2, -0.15) is 9.49 Å². The first-order valence-corrected chi connectivity index (χ1v) is 10.1. The molecule has 3 heterocycles. The third-order valence-corrected chi connectivity index (χ3v) is 6.23. The van der Waals surface area contributed by atoms with Crippen molar-refractivity contribution in [1.82, 2.24) is 20.1 Å². The number of aromatic nitrogens is 3. The number of amides is 1. The normalized spacial score (nSPS) is 17.4. The molecule has 0 bridgehead atoms. The summed E-state index contributed by atoms with van der Waals surface area (Å²) in [6.07, 6.45) is 8.84. The molecule has 1 amide bonds. The van der Waals surface area contributed by atoms with Crippen LogP contribution in [0.2, 0.25) is 0 Å². The van der Waals surface area contributed by atoms with E-state index in [4.69, 9.17) is 0 Å².